The standard InChI is InChI=1S/C24H24N4O4S2/c1-13-11-33-15(3)19(13)7-17-9-25-23(27-17)31-21(29)5-6-22(30)32-24-26-10-18(28-24)8-20-14(2)12-34-16(20)4/h5-6,9-12H,7-8H2,1-4H3,(H,25,27)(H,26,28)/b6-5+. The third-order valence-corrected chi connectivity index (χ3v) is 7.46. The molecule has 2 N–H and O–H groups in total. The summed E-state index contributed by atoms with van der Waals surface area (Å²) in [5, 5.41) is 4.22. The summed E-state index contributed by atoms with van der Waals surface area (Å²) in [5.74, 6) is -1.49. The van der Waals surface area contributed by atoms with Gasteiger partial charge in [0.25, 0.3) is 0 Å². The monoisotopic (exact) mass is 496 g/mol. The third-order valence-electron chi connectivity index (χ3n) is 5.32. The lowest BCUT2D eigenvalue weighted by Gasteiger charge is -2.00. The maximum Gasteiger partial charge on any atom is 0.338 e. The Balaban J connectivity index is 1.28. The van der Waals surface area contributed by atoms with Crippen molar-refractivity contribution < 1.29 is 19.1 Å². The van der Waals surface area contributed by atoms with Crippen molar-refractivity contribution in [2.24, 2.45) is 0 Å². The number of nitrogens with one attached hydrogen (secondary N) is 2. The zero-order chi connectivity index (χ0) is 24.2. The molecule has 0 radical (unpaired) electrons. The van der Waals surface area contributed by atoms with Gasteiger partial charge in [-0.05, 0) is 60.7 Å². The van der Waals surface area contributed by atoms with Crippen molar-refractivity contribution >= 4 is 34.6 Å². The fraction of sp³-hybridized carbons (Fsp3) is 0.250. The number of aromatic amines is 2. The van der Waals surface area contributed by atoms with E-state index in [-0.39, 0.29) is 12.0 Å². The highest BCUT2D eigenvalue weighted by Crippen LogP contribution is 2.25. The van der Waals surface area contributed by atoms with Crippen LogP contribution < -0.4 is 9.47 Å². The van der Waals surface area contributed by atoms with E-state index in [0.717, 1.165) is 23.5 Å². The van der Waals surface area contributed by atoms with Gasteiger partial charge in [0.2, 0.25) is 0 Å². The molecular formula is C24H24N4O4S2. The van der Waals surface area contributed by atoms with Crippen LogP contribution in [-0.2, 0) is 22.4 Å². The van der Waals surface area contributed by atoms with E-state index in [1.165, 1.54) is 32.0 Å². The van der Waals surface area contributed by atoms with Crippen molar-refractivity contribution in [3.05, 3.63) is 78.7 Å². The first kappa shape index (κ1) is 23.7. The van der Waals surface area contributed by atoms with Crippen LogP contribution in [0, 0.1) is 27.7 Å². The number of thiophene rings is 2. The molecule has 0 fully saturated rings. The molecule has 8 nitrogen and oxygen atoms in total. The van der Waals surface area contributed by atoms with Crippen molar-refractivity contribution in [2.75, 3.05) is 0 Å². The van der Waals surface area contributed by atoms with Crippen molar-refractivity contribution in [3.63, 3.8) is 0 Å². The normalized spacial score (nSPS) is 11.3. The largest absolute Gasteiger partial charge is 0.389 e. The molecule has 0 atom stereocenters. The number of rotatable bonds is 8. The highest BCUT2D eigenvalue weighted by molar-refractivity contribution is 7.10. The molecule has 4 heterocycles. The van der Waals surface area contributed by atoms with Crippen LogP contribution in [0.2, 0.25) is 0 Å². The van der Waals surface area contributed by atoms with E-state index in [1.54, 1.807) is 35.1 Å². The van der Waals surface area contributed by atoms with Gasteiger partial charge in [0.05, 0.1) is 12.4 Å². The first-order valence-corrected chi connectivity index (χ1v) is 12.3. The Hall–Kier alpha value is -3.50. The van der Waals surface area contributed by atoms with E-state index in [2.05, 4.69) is 58.4 Å². The van der Waals surface area contributed by atoms with Crippen LogP contribution in [0.15, 0.2) is 35.3 Å². The van der Waals surface area contributed by atoms with Gasteiger partial charge in [0.1, 0.15) is 0 Å². The molecular weight excluding hydrogens is 472 g/mol. The molecule has 0 bridgehead atoms. The topological polar surface area (TPSA) is 110 Å². The Kier molecular flexibility index (Phi) is 7.09. The average molecular weight is 497 g/mol. The van der Waals surface area contributed by atoms with Gasteiger partial charge in [-0.15, -0.1) is 22.7 Å². The van der Waals surface area contributed by atoms with Crippen LogP contribution in [0.4, 0.5) is 0 Å². The maximum absolute atomic E-state index is 12.1. The molecule has 0 aromatic carbocycles. The van der Waals surface area contributed by atoms with E-state index < -0.39 is 11.9 Å². The smallest absolute Gasteiger partial charge is 0.338 e. The maximum atomic E-state index is 12.1. The first-order chi connectivity index (χ1) is 16.3. The fourth-order valence-electron chi connectivity index (χ4n) is 3.46. The van der Waals surface area contributed by atoms with Gasteiger partial charge in [-0.25, -0.2) is 19.6 Å². The second-order valence-corrected chi connectivity index (χ2v) is 10.0. The quantitative estimate of drug-likeness (QED) is 0.269. The lowest BCUT2D eigenvalue weighted by Crippen LogP contribution is -2.09. The van der Waals surface area contributed by atoms with Crippen LogP contribution in [0.1, 0.15) is 43.4 Å². The summed E-state index contributed by atoms with van der Waals surface area (Å²) in [7, 11) is 0. The lowest BCUT2D eigenvalue weighted by molar-refractivity contribution is -0.132. The summed E-state index contributed by atoms with van der Waals surface area (Å²) in [6.07, 6.45) is 6.57. The Morgan fingerprint density at radius 1 is 0.794 bits per heavy atom. The number of hydrogen-bond donors (Lipinski definition) is 2. The summed E-state index contributed by atoms with van der Waals surface area (Å²) >= 11 is 3.40. The number of esters is 2. The summed E-state index contributed by atoms with van der Waals surface area (Å²) in [6.45, 7) is 8.27. The summed E-state index contributed by atoms with van der Waals surface area (Å²) in [5.41, 5.74) is 6.57. The van der Waals surface area contributed by atoms with Crippen LogP contribution in [0.5, 0.6) is 12.0 Å². The van der Waals surface area contributed by atoms with Gasteiger partial charge in [0.15, 0.2) is 0 Å². The molecule has 0 aliphatic rings. The van der Waals surface area contributed by atoms with Gasteiger partial charge >= 0.3 is 24.0 Å². The zero-order valence-corrected chi connectivity index (χ0v) is 20.9. The Morgan fingerprint density at radius 2 is 1.21 bits per heavy atom. The molecule has 0 aliphatic carbocycles. The predicted molar refractivity (Wildman–Crippen MR) is 131 cm³/mol. The minimum absolute atomic E-state index is 0.0678. The van der Waals surface area contributed by atoms with Gasteiger partial charge < -0.3 is 19.4 Å². The number of hydrogen-bond acceptors (Lipinski definition) is 8. The van der Waals surface area contributed by atoms with E-state index in [4.69, 9.17) is 9.47 Å². The second-order valence-electron chi connectivity index (χ2n) is 7.86. The molecule has 176 valence electrons. The summed E-state index contributed by atoms with van der Waals surface area (Å²) in [6, 6.07) is 0.136. The molecule has 0 unspecified atom stereocenters. The lowest BCUT2D eigenvalue weighted by atomic mass is 10.1. The van der Waals surface area contributed by atoms with Gasteiger partial charge in [-0.3, -0.25) is 0 Å². The van der Waals surface area contributed by atoms with Crippen LogP contribution >= 0.6 is 22.7 Å². The Morgan fingerprint density at radius 3 is 1.56 bits per heavy atom. The molecule has 0 saturated carbocycles. The van der Waals surface area contributed by atoms with Gasteiger partial charge in [-0.1, -0.05) is 0 Å². The van der Waals surface area contributed by atoms with Crippen LogP contribution in [0.25, 0.3) is 0 Å². The molecule has 34 heavy (non-hydrogen) atoms. The minimum atomic E-state index is -0.746. The van der Waals surface area contributed by atoms with E-state index in [9.17, 15) is 9.59 Å². The van der Waals surface area contributed by atoms with Crippen molar-refractivity contribution in [3.8, 4) is 12.0 Å². The number of carbonyl (C=O) groups is 2. The van der Waals surface area contributed by atoms with E-state index in [0.29, 0.717) is 12.8 Å². The molecule has 0 amide bonds. The summed E-state index contributed by atoms with van der Waals surface area (Å²) in [4.78, 5) is 40.7. The predicted octanol–water partition coefficient (Wildman–Crippen LogP) is 4.74. The first-order valence-electron chi connectivity index (χ1n) is 10.5. The van der Waals surface area contributed by atoms with Crippen LogP contribution in [0.3, 0.4) is 0 Å². The Bertz CT molecular complexity index is 1220. The highest BCUT2D eigenvalue weighted by atomic mass is 32.1. The highest BCUT2D eigenvalue weighted by Gasteiger charge is 2.12. The third kappa shape index (κ3) is 5.70. The fourth-order valence-corrected chi connectivity index (χ4v) is 5.20. The molecule has 10 heteroatoms. The number of nitrogens with zero attached hydrogens (tertiary/aromatic N) is 2. The van der Waals surface area contributed by atoms with Gasteiger partial charge in [-0.2, -0.15) is 0 Å². The number of carbonyl (C=O) groups excluding carboxylic acids is 2. The molecule has 4 aromatic rings. The number of ether oxygens (including phenoxy) is 2. The zero-order valence-electron chi connectivity index (χ0n) is 19.2. The van der Waals surface area contributed by atoms with E-state index in [1.807, 2.05) is 0 Å². The van der Waals surface area contributed by atoms with Crippen molar-refractivity contribution in [1.29, 1.82) is 0 Å². The minimum Gasteiger partial charge on any atom is -0.389 e. The number of aryl methyl sites for hydroxylation is 4. The molecule has 4 aromatic heterocycles. The average Bonchev–Trinajstić information content (AvgIpc) is 3.57. The van der Waals surface area contributed by atoms with Crippen molar-refractivity contribution in [2.45, 2.75) is 40.5 Å². The summed E-state index contributed by atoms with van der Waals surface area (Å²) < 4.78 is 10.3. The molecule has 0 saturated heterocycles. The number of imidazole rings is 2. The van der Waals surface area contributed by atoms with E-state index >= 15 is 0 Å². The van der Waals surface area contributed by atoms with Crippen LogP contribution in [-0.4, -0.2) is 31.9 Å². The Labute approximate surface area is 204 Å². The molecule has 0 spiro atoms. The SMILES string of the molecule is Cc1csc(C)c1Cc1cnc(OC(=O)/C=C/C(=O)Oc2ncc(Cc3c(C)csc3C)[nH]2)[nH]1. The van der Waals surface area contributed by atoms with Gasteiger partial charge in [0, 0.05) is 46.1 Å². The number of aromatic nitrogens is 4. The molecule has 0 aliphatic heterocycles. The molecule has 4 rings (SSSR count). The second kappa shape index (κ2) is 10.2. The van der Waals surface area contributed by atoms with Crippen molar-refractivity contribution in [1.82, 2.24) is 19.9 Å². The number of H-pyrrole nitrogens is 2.